The fraction of sp³-hybridized carbons (Fsp3) is 0.667. The molecule has 0 aromatic carbocycles. The molecule has 0 aromatic heterocycles. The Labute approximate surface area is 73.3 Å². The molecule has 0 amide bonds. The summed E-state index contributed by atoms with van der Waals surface area (Å²) in [5.74, 6) is -0.920. The molecule has 0 unspecified atom stereocenters. The minimum atomic E-state index is -0.920. The molecule has 0 saturated carbocycles. The van der Waals surface area contributed by atoms with Crippen molar-refractivity contribution in [3.63, 3.8) is 0 Å². The van der Waals surface area contributed by atoms with Gasteiger partial charge in [0.05, 0.1) is 0 Å². The molecule has 0 radical (unpaired) electrons. The summed E-state index contributed by atoms with van der Waals surface area (Å²) in [5, 5.41) is 8.49. The number of carboxylic acids is 1. The van der Waals surface area contributed by atoms with E-state index in [2.05, 4.69) is 0 Å². The zero-order valence-electron chi connectivity index (χ0n) is 7.92. The summed E-state index contributed by atoms with van der Waals surface area (Å²) in [6, 6.07) is -0.723. The number of allylic oxidation sites excluding steroid dienone is 2. The van der Waals surface area contributed by atoms with Gasteiger partial charge < -0.3 is 10.8 Å². The highest BCUT2D eigenvalue weighted by Crippen LogP contribution is 2.10. The Balaban J connectivity index is 3.85. The predicted molar refractivity (Wildman–Crippen MR) is 48.9 cm³/mol. The van der Waals surface area contributed by atoms with Crippen LogP contribution in [0.2, 0.25) is 0 Å². The van der Waals surface area contributed by atoms with Crippen LogP contribution < -0.4 is 5.73 Å². The molecule has 0 aromatic rings. The Morgan fingerprint density at radius 2 is 1.92 bits per heavy atom. The van der Waals surface area contributed by atoms with Crippen LogP contribution in [-0.2, 0) is 4.79 Å². The number of carbonyl (C=O) groups is 1. The summed E-state index contributed by atoms with van der Waals surface area (Å²) in [6.45, 7) is 6.03. The third kappa shape index (κ3) is 4.13. The highest BCUT2D eigenvalue weighted by Gasteiger charge is 2.10. The van der Waals surface area contributed by atoms with Crippen LogP contribution in [0.25, 0.3) is 0 Å². The molecule has 70 valence electrons. The van der Waals surface area contributed by atoms with Crippen LogP contribution in [0.5, 0.6) is 0 Å². The van der Waals surface area contributed by atoms with Crippen LogP contribution in [0.1, 0.15) is 33.6 Å². The van der Waals surface area contributed by atoms with Crippen molar-refractivity contribution >= 4 is 5.97 Å². The molecule has 0 aliphatic carbocycles. The molecule has 0 bridgehead atoms. The predicted octanol–water partition coefficient (Wildman–Crippen LogP) is 1.53. The van der Waals surface area contributed by atoms with Crippen LogP contribution >= 0.6 is 0 Å². The van der Waals surface area contributed by atoms with Crippen LogP contribution in [0.4, 0.5) is 0 Å². The van der Waals surface area contributed by atoms with Crippen molar-refractivity contribution in [2.75, 3.05) is 0 Å². The van der Waals surface area contributed by atoms with Crippen molar-refractivity contribution in [1.29, 1.82) is 0 Å². The van der Waals surface area contributed by atoms with Crippen LogP contribution in [-0.4, -0.2) is 17.1 Å². The van der Waals surface area contributed by atoms with E-state index in [1.54, 1.807) is 0 Å². The molecule has 0 aliphatic rings. The average Bonchev–Trinajstić information content (AvgIpc) is 1.98. The molecule has 1 atom stereocenters. The molecule has 0 heterocycles. The maximum atomic E-state index is 10.3. The quantitative estimate of drug-likeness (QED) is 0.630. The van der Waals surface area contributed by atoms with Gasteiger partial charge in [-0.2, -0.15) is 0 Å². The van der Waals surface area contributed by atoms with E-state index in [0.717, 1.165) is 6.42 Å². The minimum absolute atomic E-state index is 0.520. The van der Waals surface area contributed by atoms with Crippen LogP contribution in [0, 0.1) is 0 Å². The van der Waals surface area contributed by atoms with E-state index in [-0.39, 0.29) is 0 Å². The summed E-state index contributed by atoms with van der Waals surface area (Å²) in [7, 11) is 0. The topological polar surface area (TPSA) is 63.3 Å². The number of hydrogen-bond acceptors (Lipinski definition) is 2. The maximum Gasteiger partial charge on any atom is 0.320 e. The molecule has 3 nitrogen and oxygen atoms in total. The third-order valence-electron chi connectivity index (χ3n) is 2.00. The van der Waals surface area contributed by atoms with Gasteiger partial charge in [-0.25, -0.2) is 0 Å². The number of rotatable bonds is 4. The van der Waals surface area contributed by atoms with Crippen molar-refractivity contribution in [3.8, 4) is 0 Å². The van der Waals surface area contributed by atoms with Crippen molar-refractivity contribution in [2.24, 2.45) is 5.73 Å². The van der Waals surface area contributed by atoms with Crippen molar-refractivity contribution in [3.05, 3.63) is 11.1 Å². The van der Waals surface area contributed by atoms with E-state index < -0.39 is 12.0 Å². The molecule has 12 heavy (non-hydrogen) atoms. The van der Waals surface area contributed by atoms with E-state index in [0.29, 0.717) is 6.42 Å². The van der Waals surface area contributed by atoms with Gasteiger partial charge in [0.1, 0.15) is 6.04 Å². The van der Waals surface area contributed by atoms with Crippen molar-refractivity contribution in [2.45, 2.75) is 39.7 Å². The fourth-order valence-corrected chi connectivity index (χ4v) is 0.745. The molecule has 3 N–H and O–H groups in total. The van der Waals surface area contributed by atoms with E-state index in [1.165, 1.54) is 11.1 Å². The summed E-state index contributed by atoms with van der Waals surface area (Å²) in [5.41, 5.74) is 7.81. The summed E-state index contributed by atoms with van der Waals surface area (Å²) in [6.07, 6.45) is 1.29. The van der Waals surface area contributed by atoms with Gasteiger partial charge in [-0.1, -0.05) is 11.1 Å². The van der Waals surface area contributed by atoms with Gasteiger partial charge in [-0.3, -0.25) is 4.79 Å². The Morgan fingerprint density at radius 3 is 2.25 bits per heavy atom. The molecular formula is C9H17NO2. The van der Waals surface area contributed by atoms with Gasteiger partial charge in [0.15, 0.2) is 0 Å². The first-order valence-corrected chi connectivity index (χ1v) is 4.06. The lowest BCUT2D eigenvalue weighted by Crippen LogP contribution is -2.29. The molecule has 3 heteroatoms. The summed E-state index contributed by atoms with van der Waals surface area (Å²) < 4.78 is 0. The lowest BCUT2D eigenvalue weighted by molar-refractivity contribution is -0.138. The van der Waals surface area contributed by atoms with E-state index in [4.69, 9.17) is 10.8 Å². The standard InChI is InChI=1S/C9H17NO2/c1-6(2)7(3)4-5-8(10)9(11)12/h8H,4-5,10H2,1-3H3,(H,11,12)/t8-/m1/s1. The number of hydrogen-bond donors (Lipinski definition) is 2. The van der Waals surface area contributed by atoms with Crippen LogP contribution in [0.15, 0.2) is 11.1 Å². The van der Waals surface area contributed by atoms with E-state index in [1.807, 2.05) is 20.8 Å². The normalized spacial score (nSPS) is 12.3. The van der Waals surface area contributed by atoms with E-state index in [9.17, 15) is 4.79 Å². The lowest BCUT2D eigenvalue weighted by atomic mass is 10.0. The Hall–Kier alpha value is -0.830. The second-order valence-electron chi connectivity index (χ2n) is 3.26. The molecule has 0 aliphatic heterocycles. The second kappa shape index (κ2) is 4.93. The zero-order chi connectivity index (χ0) is 9.72. The number of carboxylic acid groups (broad SMARTS) is 1. The lowest BCUT2D eigenvalue weighted by Gasteiger charge is -2.07. The van der Waals surface area contributed by atoms with Gasteiger partial charge in [-0.05, 0) is 33.6 Å². The van der Waals surface area contributed by atoms with E-state index >= 15 is 0 Å². The minimum Gasteiger partial charge on any atom is -0.480 e. The smallest absolute Gasteiger partial charge is 0.320 e. The van der Waals surface area contributed by atoms with Gasteiger partial charge in [0.25, 0.3) is 0 Å². The molecular weight excluding hydrogens is 154 g/mol. The summed E-state index contributed by atoms with van der Waals surface area (Å²) >= 11 is 0. The summed E-state index contributed by atoms with van der Waals surface area (Å²) in [4.78, 5) is 10.3. The number of nitrogens with two attached hydrogens (primary N) is 1. The third-order valence-corrected chi connectivity index (χ3v) is 2.00. The maximum absolute atomic E-state index is 10.3. The SMILES string of the molecule is CC(C)=C(C)CC[C@@H](N)C(=O)O. The molecule has 0 saturated heterocycles. The van der Waals surface area contributed by atoms with Crippen molar-refractivity contribution < 1.29 is 9.90 Å². The van der Waals surface area contributed by atoms with Gasteiger partial charge in [0.2, 0.25) is 0 Å². The number of aliphatic carboxylic acids is 1. The first-order chi connectivity index (χ1) is 5.45. The van der Waals surface area contributed by atoms with Gasteiger partial charge in [0, 0.05) is 0 Å². The van der Waals surface area contributed by atoms with Gasteiger partial charge >= 0.3 is 5.97 Å². The molecule has 0 fully saturated rings. The largest absolute Gasteiger partial charge is 0.480 e. The Kier molecular flexibility index (Phi) is 4.59. The second-order valence-corrected chi connectivity index (χ2v) is 3.26. The Morgan fingerprint density at radius 1 is 1.42 bits per heavy atom. The first kappa shape index (κ1) is 11.2. The highest BCUT2D eigenvalue weighted by molar-refractivity contribution is 5.73. The monoisotopic (exact) mass is 171 g/mol. The first-order valence-electron chi connectivity index (χ1n) is 4.06. The average molecular weight is 171 g/mol. The highest BCUT2D eigenvalue weighted by atomic mass is 16.4. The van der Waals surface area contributed by atoms with Crippen molar-refractivity contribution in [1.82, 2.24) is 0 Å². The molecule has 0 rings (SSSR count). The Bertz CT molecular complexity index is 193. The zero-order valence-corrected chi connectivity index (χ0v) is 7.92. The molecule has 0 spiro atoms. The van der Waals surface area contributed by atoms with Gasteiger partial charge in [-0.15, -0.1) is 0 Å². The van der Waals surface area contributed by atoms with Crippen LogP contribution in [0.3, 0.4) is 0 Å². The fourth-order valence-electron chi connectivity index (χ4n) is 0.745.